The van der Waals surface area contributed by atoms with Crippen molar-refractivity contribution in [3.8, 4) is 11.6 Å². The average Bonchev–Trinajstić information content (AvgIpc) is 3.10. The zero-order valence-corrected chi connectivity index (χ0v) is 18.1. The number of aromatic nitrogens is 1. The van der Waals surface area contributed by atoms with Crippen LogP contribution in [0.15, 0.2) is 83.6 Å². The van der Waals surface area contributed by atoms with Crippen molar-refractivity contribution < 1.29 is 4.74 Å². The Balaban J connectivity index is 1.56. The molecule has 3 nitrogen and oxygen atoms in total. The third-order valence-electron chi connectivity index (χ3n) is 5.41. The third-order valence-corrected chi connectivity index (χ3v) is 5.41. The first-order valence-corrected chi connectivity index (χ1v) is 10.4. The summed E-state index contributed by atoms with van der Waals surface area (Å²) in [6.45, 7) is 8.68. The maximum absolute atomic E-state index is 6.34. The smallest absolute Gasteiger partial charge is 0.222 e. The van der Waals surface area contributed by atoms with E-state index in [4.69, 9.17) is 9.73 Å². The van der Waals surface area contributed by atoms with Gasteiger partial charge in [0.05, 0.1) is 0 Å². The molecule has 0 saturated carbocycles. The standard InChI is InChI=1S/C27H28N2O/c1-19-23(20-11-6-5-7-12-20)18-22(29-19)17-21-13-10-16-28-26(21)30-25-15-9-8-14-24(25)27(2,3)4/h5-16H,17-18H2,1-4H3. The Hall–Kier alpha value is -3.20. The monoisotopic (exact) mass is 396 g/mol. The van der Waals surface area contributed by atoms with Crippen LogP contribution in [0.2, 0.25) is 0 Å². The average molecular weight is 397 g/mol. The molecule has 3 heteroatoms. The molecular weight excluding hydrogens is 368 g/mol. The molecule has 0 bridgehead atoms. The molecule has 1 aromatic heterocycles. The summed E-state index contributed by atoms with van der Waals surface area (Å²) in [5.41, 5.74) is 7.01. The van der Waals surface area contributed by atoms with E-state index in [0.717, 1.165) is 35.6 Å². The van der Waals surface area contributed by atoms with Crippen LogP contribution in [0.4, 0.5) is 0 Å². The summed E-state index contributed by atoms with van der Waals surface area (Å²) in [6.07, 6.45) is 3.38. The summed E-state index contributed by atoms with van der Waals surface area (Å²) in [6, 6.07) is 22.8. The van der Waals surface area contributed by atoms with E-state index in [1.807, 2.05) is 24.3 Å². The Morgan fingerprint density at radius 2 is 1.63 bits per heavy atom. The molecule has 0 unspecified atom stereocenters. The second-order valence-electron chi connectivity index (χ2n) is 8.78. The predicted molar refractivity (Wildman–Crippen MR) is 124 cm³/mol. The third kappa shape index (κ3) is 4.35. The van der Waals surface area contributed by atoms with Crippen molar-refractivity contribution in [3.05, 3.63) is 95.3 Å². The summed E-state index contributed by atoms with van der Waals surface area (Å²) in [5.74, 6) is 1.51. The van der Waals surface area contributed by atoms with Crippen LogP contribution in [-0.2, 0) is 11.8 Å². The molecule has 0 saturated heterocycles. The van der Waals surface area contributed by atoms with E-state index >= 15 is 0 Å². The van der Waals surface area contributed by atoms with Gasteiger partial charge >= 0.3 is 0 Å². The molecule has 30 heavy (non-hydrogen) atoms. The molecule has 3 aromatic rings. The van der Waals surface area contributed by atoms with Gasteiger partial charge in [0.1, 0.15) is 5.75 Å². The molecule has 0 spiro atoms. The van der Waals surface area contributed by atoms with Gasteiger partial charge in [-0.05, 0) is 35.6 Å². The van der Waals surface area contributed by atoms with Crippen LogP contribution in [0.5, 0.6) is 11.6 Å². The van der Waals surface area contributed by atoms with Crippen molar-refractivity contribution in [2.75, 3.05) is 0 Å². The summed E-state index contributed by atoms with van der Waals surface area (Å²) in [5, 5.41) is 0. The fourth-order valence-electron chi connectivity index (χ4n) is 3.88. The number of nitrogens with zero attached hydrogens (tertiary/aromatic N) is 2. The van der Waals surface area contributed by atoms with Crippen molar-refractivity contribution in [2.24, 2.45) is 4.99 Å². The van der Waals surface area contributed by atoms with Crippen molar-refractivity contribution in [3.63, 3.8) is 0 Å². The lowest BCUT2D eigenvalue weighted by Crippen LogP contribution is -2.13. The minimum absolute atomic E-state index is 0.00725. The number of hydrogen-bond donors (Lipinski definition) is 0. The number of pyridine rings is 1. The summed E-state index contributed by atoms with van der Waals surface area (Å²) < 4.78 is 6.34. The summed E-state index contributed by atoms with van der Waals surface area (Å²) in [7, 11) is 0. The highest BCUT2D eigenvalue weighted by atomic mass is 16.5. The Bertz CT molecular complexity index is 1100. The first kappa shape index (κ1) is 20.1. The highest BCUT2D eigenvalue weighted by Crippen LogP contribution is 2.35. The molecule has 1 aliphatic rings. The van der Waals surface area contributed by atoms with E-state index in [9.17, 15) is 0 Å². The second kappa shape index (κ2) is 8.27. The molecule has 1 aliphatic heterocycles. The van der Waals surface area contributed by atoms with Crippen LogP contribution in [0.25, 0.3) is 5.57 Å². The lowest BCUT2D eigenvalue weighted by atomic mass is 9.86. The van der Waals surface area contributed by atoms with Gasteiger partial charge in [-0.2, -0.15) is 0 Å². The first-order chi connectivity index (χ1) is 14.4. The van der Waals surface area contributed by atoms with Crippen molar-refractivity contribution >= 4 is 11.3 Å². The summed E-state index contributed by atoms with van der Waals surface area (Å²) in [4.78, 5) is 9.40. The van der Waals surface area contributed by atoms with Gasteiger partial charge in [-0.1, -0.05) is 75.4 Å². The van der Waals surface area contributed by atoms with E-state index in [1.54, 1.807) is 6.20 Å². The van der Waals surface area contributed by atoms with E-state index in [1.165, 1.54) is 16.7 Å². The van der Waals surface area contributed by atoms with Crippen LogP contribution >= 0.6 is 0 Å². The number of para-hydroxylation sites is 1. The maximum atomic E-state index is 6.34. The zero-order valence-electron chi connectivity index (χ0n) is 18.1. The van der Waals surface area contributed by atoms with Gasteiger partial charge < -0.3 is 4.74 Å². The summed E-state index contributed by atoms with van der Waals surface area (Å²) >= 11 is 0. The van der Waals surface area contributed by atoms with Gasteiger partial charge in [0.15, 0.2) is 0 Å². The highest BCUT2D eigenvalue weighted by Gasteiger charge is 2.21. The van der Waals surface area contributed by atoms with E-state index in [2.05, 4.69) is 75.1 Å². The number of aliphatic imine (C=N–C) groups is 1. The number of benzene rings is 2. The van der Waals surface area contributed by atoms with Crippen LogP contribution < -0.4 is 4.74 Å². The maximum Gasteiger partial charge on any atom is 0.222 e. The van der Waals surface area contributed by atoms with Gasteiger partial charge in [0, 0.05) is 41.6 Å². The quantitative estimate of drug-likeness (QED) is 0.466. The van der Waals surface area contributed by atoms with Crippen molar-refractivity contribution in [1.82, 2.24) is 4.98 Å². The number of allylic oxidation sites excluding steroid dienone is 2. The molecule has 2 aromatic carbocycles. The molecule has 152 valence electrons. The largest absolute Gasteiger partial charge is 0.438 e. The first-order valence-electron chi connectivity index (χ1n) is 10.4. The number of rotatable bonds is 5. The van der Waals surface area contributed by atoms with Gasteiger partial charge in [-0.3, -0.25) is 4.99 Å². The number of hydrogen-bond acceptors (Lipinski definition) is 3. The topological polar surface area (TPSA) is 34.5 Å². The molecule has 0 amide bonds. The molecule has 0 radical (unpaired) electrons. The highest BCUT2D eigenvalue weighted by molar-refractivity contribution is 6.00. The van der Waals surface area contributed by atoms with E-state index in [0.29, 0.717) is 5.88 Å². The minimum Gasteiger partial charge on any atom is -0.438 e. The molecule has 4 rings (SSSR count). The lowest BCUT2D eigenvalue weighted by molar-refractivity contribution is 0.436. The normalized spacial score (nSPS) is 14.1. The molecule has 0 atom stereocenters. The van der Waals surface area contributed by atoms with Gasteiger partial charge in [-0.15, -0.1) is 0 Å². The van der Waals surface area contributed by atoms with Gasteiger partial charge in [-0.25, -0.2) is 4.98 Å². The van der Waals surface area contributed by atoms with Crippen LogP contribution in [0.1, 0.15) is 50.8 Å². The van der Waals surface area contributed by atoms with Crippen molar-refractivity contribution in [2.45, 2.75) is 46.0 Å². The van der Waals surface area contributed by atoms with Crippen LogP contribution in [0, 0.1) is 0 Å². The molecule has 0 fully saturated rings. The fourth-order valence-corrected chi connectivity index (χ4v) is 3.88. The number of ether oxygens (including phenoxy) is 1. The zero-order chi connectivity index (χ0) is 21.1. The molecule has 0 aliphatic carbocycles. The van der Waals surface area contributed by atoms with Crippen LogP contribution in [0.3, 0.4) is 0 Å². The Morgan fingerprint density at radius 1 is 0.900 bits per heavy atom. The van der Waals surface area contributed by atoms with E-state index < -0.39 is 0 Å². The van der Waals surface area contributed by atoms with Gasteiger partial charge in [0.25, 0.3) is 0 Å². The Labute approximate surface area is 179 Å². The Kier molecular flexibility index (Phi) is 5.54. The Morgan fingerprint density at radius 3 is 2.40 bits per heavy atom. The predicted octanol–water partition coefficient (Wildman–Crippen LogP) is 6.99. The lowest BCUT2D eigenvalue weighted by Gasteiger charge is -2.22. The second-order valence-corrected chi connectivity index (χ2v) is 8.78. The molecule has 0 N–H and O–H groups in total. The van der Waals surface area contributed by atoms with Gasteiger partial charge in [0.2, 0.25) is 5.88 Å². The SMILES string of the molecule is CC1=C(c2ccccc2)CC(Cc2cccnc2Oc2ccccc2C(C)(C)C)=N1. The van der Waals surface area contributed by atoms with Crippen LogP contribution in [-0.4, -0.2) is 10.7 Å². The fraction of sp³-hybridized carbons (Fsp3) is 0.259. The van der Waals surface area contributed by atoms with E-state index in [-0.39, 0.29) is 5.41 Å². The minimum atomic E-state index is -0.00725. The van der Waals surface area contributed by atoms with Crippen molar-refractivity contribution in [1.29, 1.82) is 0 Å². The molecule has 2 heterocycles. The molecular formula is C27H28N2O.